The van der Waals surface area contributed by atoms with E-state index >= 15 is 0 Å². The molecule has 2 N–H and O–H groups in total. The maximum Gasteiger partial charge on any atom is 0.265 e. The van der Waals surface area contributed by atoms with Crippen molar-refractivity contribution in [2.75, 3.05) is 14.2 Å². The van der Waals surface area contributed by atoms with Crippen LogP contribution in [0.2, 0.25) is 0 Å². The molecule has 0 radical (unpaired) electrons. The van der Waals surface area contributed by atoms with Crippen LogP contribution in [0.15, 0.2) is 56.9 Å². The van der Waals surface area contributed by atoms with Gasteiger partial charge in [0.1, 0.15) is 11.5 Å². The maximum atomic E-state index is 12.3. The van der Waals surface area contributed by atoms with Gasteiger partial charge >= 0.3 is 0 Å². The molecular formula is C26H28N6O6. The Hall–Kier alpha value is -4.74. The maximum absolute atomic E-state index is 12.3. The molecule has 2 aromatic heterocycles. The van der Waals surface area contributed by atoms with Gasteiger partial charge < -0.3 is 28.8 Å². The second-order valence-corrected chi connectivity index (χ2v) is 8.29. The number of fused-ring (bicyclic) bond motifs is 2. The number of nitrogens with zero attached hydrogens (tertiary/aromatic N) is 6. The van der Waals surface area contributed by atoms with Crippen molar-refractivity contribution in [1.29, 1.82) is 0 Å². The number of aromatic hydroxyl groups is 2. The Morgan fingerprint density at radius 3 is 1.47 bits per heavy atom. The van der Waals surface area contributed by atoms with E-state index in [1.54, 1.807) is 45.5 Å². The van der Waals surface area contributed by atoms with Crippen LogP contribution < -0.4 is 9.47 Å². The Balaban J connectivity index is 1.47. The van der Waals surface area contributed by atoms with Crippen LogP contribution >= 0.6 is 0 Å². The molecule has 0 aliphatic carbocycles. The van der Waals surface area contributed by atoms with Crippen molar-refractivity contribution in [2.24, 2.45) is 20.5 Å². The zero-order valence-corrected chi connectivity index (χ0v) is 21.5. The Morgan fingerprint density at radius 1 is 0.737 bits per heavy atom. The van der Waals surface area contributed by atoms with E-state index < -0.39 is 11.8 Å². The summed E-state index contributed by atoms with van der Waals surface area (Å²) in [5.41, 5.74) is 1.71. The molecule has 0 bridgehead atoms. The number of aromatic nitrogens is 2. The van der Waals surface area contributed by atoms with E-state index in [1.807, 2.05) is 13.8 Å². The van der Waals surface area contributed by atoms with Crippen molar-refractivity contribution in [1.82, 2.24) is 9.13 Å². The lowest BCUT2D eigenvalue weighted by Crippen LogP contribution is -1.98. The molecule has 0 spiro atoms. The molecule has 0 saturated heterocycles. The average Bonchev–Trinajstić information content (AvgIpc) is 3.36. The van der Waals surface area contributed by atoms with Gasteiger partial charge in [-0.05, 0) is 50.2 Å². The standard InChI is InChI=1S/C26H28N6O6/c1-5-31-19-9-7-15(37-3)13-17(19)23(25(31)35)29-27-21(33)11-12-22(34)28-30-24-18-14-16(38-4)8-10-20(18)32(6-2)26(24)36/h7-10,13-14,35-36H,5-6,11-12H2,1-4H3. The molecule has 2 amide bonds. The fourth-order valence-electron chi connectivity index (χ4n) is 4.22. The number of hydrogen-bond donors (Lipinski definition) is 2. The number of hydrogen-bond acceptors (Lipinski definition) is 8. The van der Waals surface area contributed by atoms with Crippen LogP contribution in [-0.4, -0.2) is 45.4 Å². The highest BCUT2D eigenvalue weighted by Crippen LogP contribution is 2.41. The first-order valence-electron chi connectivity index (χ1n) is 12.0. The third-order valence-corrected chi connectivity index (χ3v) is 6.14. The molecule has 0 fully saturated rings. The molecule has 0 saturated carbocycles. The molecule has 4 rings (SSSR count). The third-order valence-electron chi connectivity index (χ3n) is 6.14. The normalized spacial score (nSPS) is 11.8. The average molecular weight is 521 g/mol. The number of carbonyl (C=O) groups excluding carboxylic acids is 2. The van der Waals surface area contributed by atoms with Crippen LogP contribution in [0, 0.1) is 0 Å². The van der Waals surface area contributed by atoms with Crippen LogP contribution in [0.3, 0.4) is 0 Å². The minimum Gasteiger partial charge on any atom is -0.497 e. The summed E-state index contributed by atoms with van der Waals surface area (Å²) in [5.74, 6) is -0.446. The Bertz CT molecular complexity index is 1460. The molecule has 198 valence electrons. The first kappa shape index (κ1) is 26.3. The molecule has 0 unspecified atom stereocenters. The van der Waals surface area contributed by atoms with Gasteiger partial charge in [0.15, 0.2) is 11.4 Å². The highest BCUT2D eigenvalue weighted by molar-refractivity contribution is 5.97. The zero-order valence-electron chi connectivity index (χ0n) is 21.5. The smallest absolute Gasteiger partial charge is 0.265 e. The van der Waals surface area contributed by atoms with E-state index in [2.05, 4.69) is 20.5 Å². The fraction of sp³-hybridized carbons (Fsp3) is 0.308. The summed E-state index contributed by atoms with van der Waals surface area (Å²) in [5, 5.41) is 37.6. The van der Waals surface area contributed by atoms with Crippen molar-refractivity contribution >= 4 is 45.0 Å². The quantitative estimate of drug-likeness (QED) is 0.267. The fourth-order valence-corrected chi connectivity index (χ4v) is 4.22. The topological polar surface area (TPSA) is 152 Å². The number of ether oxygens (including phenoxy) is 2. The van der Waals surface area contributed by atoms with E-state index in [0.29, 0.717) is 46.4 Å². The van der Waals surface area contributed by atoms with Crippen molar-refractivity contribution in [2.45, 2.75) is 39.8 Å². The predicted octanol–water partition coefficient (Wildman–Crippen LogP) is 5.77. The summed E-state index contributed by atoms with van der Waals surface area (Å²) in [6.45, 7) is 4.70. The minimum atomic E-state index is -0.664. The second-order valence-electron chi connectivity index (χ2n) is 8.29. The van der Waals surface area contributed by atoms with Crippen molar-refractivity contribution in [3.63, 3.8) is 0 Å². The number of methoxy groups -OCH3 is 2. The van der Waals surface area contributed by atoms with E-state index in [0.717, 1.165) is 0 Å². The molecule has 12 nitrogen and oxygen atoms in total. The highest BCUT2D eigenvalue weighted by Gasteiger charge is 2.18. The predicted molar refractivity (Wildman–Crippen MR) is 140 cm³/mol. The molecule has 0 aliphatic rings. The third kappa shape index (κ3) is 4.92. The summed E-state index contributed by atoms with van der Waals surface area (Å²) in [7, 11) is 3.05. The Labute approximate surface area is 217 Å². The van der Waals surface area contributed by atoms with Gasteiger partial charge in [0.25, 0.3) is 11.8 Å². The number of aryl methyl sites for hydroxylation is 2. The van der Waals surface area contributed by atoms with E-state index in [4.69, 9.17) is 9.47 Å². The summed E-state index contributed by atoms with van der Waals surface area (Å²) < 4.78 is 13.8. The molecule has 4 aromatic rings. The number of azo groups is 2. The van der Waals surface area contributed by atoms with Gasteiger partial charge in [-0.1, -0.05) is 0 Å². The van der Waals surface area contributed by atoms with Crippen LogP contribution in [0.25, 0.3) is 21.8 Å². The van der Waals surface area contributed by atoms with Crippen LogP contribution in [-0.2, 0) is 22.7 Å². The summed E-state index contributed by atoms with van der Waals surface area (Å²) in [4.78, 5) is 24.7. The summed E-state index contributed by atoms with van der Waals surface area (Å²) >= 11 is 0. The summed E-state index contributed by atoms with van der Waals surface area (Å²) in [6.07, 6.45) is -0.511. The Morgan fingerprint density at radius 2 is 1.13 bits per heavy atom. The van der Waals surface area contributed by atoms with E-state index in [-0.39, 0.29) is 36.0 Å². The van der Waals surface area contributed by atoms with Gasteiger partial charge in [-0.25, -0.2) is 0 Å². The lowest BCUT2D eigenvalue weighted by Gasteiger charge is -2.02. The van der Waals surface area contributed by atoms with Crippen molar-refractivity contribution in [3.8, 4) is 23.3 Å². The second kappa shape index (κ2) is 11.1. The molecule has 38 heavy (non-hydrogen) atoms. The SMILES string of the molecule is CCn1c(O)c(N=NC(=O)CCC(=O)N=Nc2c(O)n(CC)c3ccc(OC)cc23)c2cc(OC)ccc21. The van der Waals surface area contributed by atoms with E-state index in [9.17, 15) is 19.8 Å². The van der Waals surface area contributed by atoms with Crippen molar-refractivity contribution < 1.29 is 29.3 Å². The van der Waals surface area contributed by atoms with Gasteiger partial charge in [0, 0.05) is 36.7 Å². The van der Waals surface area contributed by atoms with Crippen LogP contribution in [0.4, 0.5) is 11.4 Å². The summed E-state index contributed by atoms with van der Waals surface area (Å²) in [6, 6.07) is 10.5. The molecule has 0 aliphatic heterocycles. The van der Waals surface area contributed by atoms with E-state index in [1.165, 1.54) is 14.2 Å². The number of benzene rings is 2. The van der Waals surface area contributed by atoms with Crippen molar-refractivity contribution in [3.05, 3.63) is 36.4 Å². The molecule has 2 heterocycles. The first-order valence-corrected chi connectivity index (χ1v) is 12.0. The van der Waals surface area contributed by atoms with Gasteiger partial charge in [0.05, 0.1) is 25.3 Å². The van der Waals surface area contributed by atoms with Gasteiger partial charge in [-0.3, -0.25) is 9.59 Å². The van der Waals surface area contributed by atoms with Crippen LogP contribution in [0.1, 0.15) is 26.7 Å². The van der Waals surface area contributed by atoms with Gasteiger partial charge in [0.2, 0.25) is 11.8 Å². The molecule has 0 atom stereocenters. The van der Waals surface area contributed by atoms with Crippen LogP contribution in [0.5, 0.6) is 23.3 Å². The lowest BCUT2D eigenvalue weighted by atomic mass is 10.2. The number of carbonyl (C=O) groups is 2. The monoisotopic (exact) mass is 520 g/mol. The lowest BCUT2D eigenvalue weighted by molar-refractivity contribution is -0.123. The zero-order chi connectivity index (χ0) is 27.4. The first-order chi connectivity index (χ1) is 18.3. The minimum absolute atomic E-state index is 0.125. The molecule has 12 heteroatoms. The molecule has 2 aromatic carbocycles. The molecular weight excluding hydrogens is 492 g/mol. The highest BCUT2D eigenvalue weighted by atomic mass is 16.5. The number of rotatable bonds is 9. The van der Waals surface area contributed by atoms with Gasteiger partial charge in [-0.2, -0.15) is 0 Å². The Kier molecular flexibility index (Phi) is 7.70. The van der Waals surface area contributed by atoms with Gasteiger partial charge in [-0.15, -0.1) is 20.5 Å². The largest absolute Gasteiger partial charge is 0.497 e. The number of amides is 2.